The molecular formula is C26H36O5. The van der Waals surface area contributed by atoms with Crippen LogP contribution in [0.15, 0.2) is 23.8 Å². The predicted octanol–water partition coefficient (Wildman–Crippen LogP) is 4.18. The van der Waals surface area contributed by atoms with Crippen molar-refractivity contribution < 1.29 is 24.2 Å². The highest BCUT2D eigenvalue weighted by molar-refractivity contribution is 6.01. The molecule has 0 saturated heterocycles. The zero-order valence-corrected chi connectivity index (χ0v) is 19.4. The lowest BCUT2D eigenvalue weighted by Gasteiger charge is -2.61. The second-order valence-corrected chi connectivity index (χ2v) is 10.7. The van der Waals surface area contributed by atoms with Crippen molar-refractivity contribution in [2.75, 3.05) is 0 Å². The summed E-state index contributed by atoms with van der Waals surface area (Å²) >= 11 is 0. The van der Waals surface area contributed by atoms with Crippen LogP contribution in [0.4, 0.5) is 0 Å². The average molecular weight is 429 g/mol. The molecule has 5 heteroatoms. The number of esters is 1. The summed E-state index contributed by atoms with van der Waals surface area (Å²) in [5.74, 6) is 0.264. The van der Waals surface area contributed by atoms with Crippen LogP contribution in [0.25, 0.3) is 0 Å². The van der Waals surface area contributed by atoms with Crippen molar-refractivity contribution in [3.8, 4) is 0 Å². The molecule has 0 unspecified atom stereocenters. The first-order chi connectivity index (χ1) is 14.5. The molecule has 0 spiro atoms. The van der Waals surface area contributed by atoms with E-state index in [4.69, 9.17) is 4.74 Å². The van der Waals surface area contributed by atoms with Crippen LogP contribution in [-0.2, 0) is 19.1 Å². The number of carbonyl (C=O) groups excluding carboxylic acids is 3. The van der Waals surface area contributed by atoms with Gasteiger partial charge in [0.1, 0.15) is 0 Å². The number of ether oxygens (including phenoxy) is 1. The molecule has 3 fully saturated rings. The number of allylic oxidation sites excluding steroid dienone is 4. The molecule has 4 aliphatic rings. The molecule has 1 N–H and O–H groups in total. The Morgan fingerprint density at radius 2 is 1.94 bits per heavy atom. The van der Waals surface area contributed by atoms with E-state index in [1.807, 2.05) is 13.0 Å². The molecule has 5 nitrogen and oxygen atoms in total. The van der Waals surface area contributed by atoms with Gasteiger partial charge in [0, 0.05) is 29.6 Å². The summed E-state index contributed by atoms with van der Waals surface area (Å²) in [5.41, 5.74) is -0.978. The topological polar surface area (TPSA) is 80.7 Å². The van der Waals surface area contributed by atoms with Gasteiger partial charge in [-0.05, 0) is 55.6 Å². The van der Waals surface area contributed by atoms with Crippen LogP contribution < -0.4 is 0 Å². The van der Waals surface area contributed by atoms with Crippen LogP contribution in [0.2, 0.25) is 0 Å². The lowest BCUT2D eigenvalue weighted by molar-refractivity contribution is -0.199. The van der Waals surface area contributed by atoms with Crippen molar-refractivity contribution in [2.24, 2.45) is 34.5 Å². The van der Waals surface area contributed by atoms with Crippen molar-refractivity contribution in [1.82, 2.24) is 0 Å². The Balaban J connectivity index is 1.79. The van der Waals surface area contributed by atoms with E-state index < -0.39 is 17.1 Å². The summed E-state index contributed by atoms with van der Waals surface area (Å²) < 4.78 is 6.00. The van der Waals surface area contributed by atoms with Crippen LogP contribution in [-0.4, -0.2) is 34.3 Å². The summed E-state index contributed by atoms with van der Waals surface area (Å²) in [5, 5.41) is 11.6. The third kappa shape index (κ3) is 2.95. The zero-order valence-electron chi connectivity index (χ0n) is 19.4. The van der Waals surface area contributed by atoms with Crippen LogP contribution in [0.5, 0.6) is 0 Å². The SMILES string of the molecule is CCC(=O)O[C@]1(C(=O)CC)CC[C@H]2[C@@H]3C[C@H](C)C4=CC(=O)C=C[C@]4(C)[C@H]3[C@@H](O)C[C@@]21C. The molecule has 0 aromatic carbocycles. The van der Waals surface area contributed by atoms with Crippen molar-refractivity contribution in [1.29, 1.82) is 0 Å². The molecule has 170 valence electrons. The van der Waals surface area contributed by atoms with Gasteiger partial charge in [0.25, 0.3) is 0 Å². The van der Waals surface area contributed by atoms with Gasteiger partial charge in [0.15, 0.2) is 17.2 Å². The van der Waals surface area contributed by atoms with Gasteiger partial charge in [-0.25, -0.2) is 0 Å². The highest BCUT2D eigenvalue weighted by Gasteiger charge is 2.70. The second kappa shape index (κ2) is 7.40. The molecule has 4 rings (SSSR count). The second-order valence-electron chi connectivity index (χ2n) is 10.7. The molecule has 0 aromatic heterocycles. The fraction of sp³-hybridized carbons (Fsp3) is 0.731. The number of hydrogen-bond donors (Lipinski definition) is 1. The monoisotopic (exact) mass is 428 g/mol. The van der Waals surface area contributed by atoms with Crippen LogP contribution >= 0.6 is 0 Å². The minimum Gasteiger partial charge on any atom is -0.450 e. The molecule has 0 aromatic rings. The smallest absolute Gasteiger partial charge is 0.306 e. The highest BCUT2D eigenvalue weighted by atomic mass is 16.6. The fourth-order valence-corrected chi connectivity index (χ4v) is 7.97. The summed E-state index contributed by atoms with van der Waals surface area (Å²) in [7, 11) is 0. The van der Waals surface area contributed by atoms with Gasteiger partial charge >= 0.3 is 5.97 Å². The Kier molecular flexibility index (Phi) is 5.36. The zero-order chi connectivity index (χ0) is 22.8. The fourth-order valence-electron chi connectivity index (χ4n) is 7.97. The Morgan fingerprint density at radius 1 is 1.23 bits per heavy atom. The van der Waals surface area contributed by atoms with E-state index in [0.29, 0.717) is 19.3 Å². The molecule has 8 atom stereocenters. The van der Waals surface area contributed by atoms with Crippen LogP contribution in [0.1, 0.15) is 73.1 Å². The Bertz CT molecular complexity index is 871. The van der Waals surface area contributed by atoms with Crippen molar-refractivity contribution in [3.63, 3.8) is 0 Å². The summed E-state index contributed by atoms with van der Waals surface area (Å²) in [4.78, 5) is 37.8. The molecule has 0 bridgehead atoms. The molecular weight excluding hydrogens is 392 g/mol. The maximum absolute atomic E-state index is 13.3. The Labute approximate surface area is 185 Å². The quantitative estimate of drug-likeness (QED) is 0.680. The lowest BCUT2D eigenvalue weighted by Crippen LogP contribution is -2.63. The molecule has 0 aliphatic heterocycles. The largest absolute Gasteiger partial charge is 0.450 e. The first kappa shape index (κ1) is 22.4. The first-order valence-corrected chi connectivity index (χ1v) is 11.9. The third-order valence-electron chi connectivity index (χ3n) is 9.29. The van der Waals surface area contributed by atoms with Gasteiger partial charge in [-0.3, -0.25) is 14.4 Å². The average Bonchev–Trinajstić information content (AvgIpc) is 3.01. The van der Waals surface area contributed by atoms with Crippen LogP contribution in [0, 0.1) is 34.5 Å². The predicted molar refractivity (Wildman–Crippen MR) is 117 cm³/mol. The summed E-state index contributed by atoms with van der Waals surface area (Å²) in [6.45, 7) is 9.96. The molecule has 0 heterocycles. The Hall–Kier alpha value is -1.75. The summed E-state index contributed by atoms with van der Waals surface area (Å²) in [6.07, 6.45) is 7.98. The third-order valence-corrected chi connectivity index (χ3v) is 9.29. The number of fused-ring (bicyclic) bond motifs is 5. The van der Waals surface area contributed by atoms with Gasteiger partial charge in [0.05, 0.1) is 6.10 Å². The number of hydrogen-bond acceptors (Lipinski definition) is 5. The number of carbonyl (C=O) groups is 3. The lowest BCUT2D eigenvalue weighted by atomic mass is 9.44. The van der Waals surface area contributed by atoms with E-state index in [9.17, 15) is 19.5 Å². The Morgan fingerprint density at radius 3 is 2.58 bits per heavy atom. The van der Waals surface area contributed by atoms with Gasteiger partial charge in [-0.1, -0.05) is 46.3 Å². The number of rotatable bonds is 4. The van der Waals surface area contributed by atoms with E-state index in [1.54, 1.807) is 19.1 Å². The maximum atomic E-state index is 13.3. The van der Waals surface area contributed by atoms with Crippen molar-refractivity contribution in [2.45, 2.75) is 84.8 Å². The van der Waals surface area contributed by atoms with E-state index in [0.717, 1.165) is 18.4 Å². The molecule has 4 aliphatic carbocycles. The van der Waals surface area contributed by atoms with E-state index in [1.165, 1.54) is 0 Å². The minimum absolute atomic E-state index is 0.00761. The van der Waals surface area contributed by atoms with Gasteiger partial charge in [-0.2, -0.15) is 0 Å². The minimum atomic E-state index is -1.15. The molecule has 31 heavy (non-hydrogen) atoms. The van der Waals surface area contributed by atoms with Crippen molar-refractivity contribution in [3.05, 3.63) is 23.8 Å². The molecule has 0 amide bonds. The number of aliphatic hydroxyl groups excluding tert-OH is 1. The summed E-state index contributed by atoms with van der Waals surface area (Å²) in [6, 6.07) is 0. The van der Waals surface area contributed by atoms with E-state index in [-0.39, 0.29) is 53.0 Å². The highest BCUT2D eigenvalue weighted by Crippen LogP contribution is 2.68. The van der Waals surface area contributed by atoms with Crippen molar-refractivity contribution >= 4 is 17.5 Å². The first-order valence-electron chi connectivity index (χ1n) is 11.9. The van der Waals surface area contributed by atoms with Crippen LogP contribution in [0.3, 0.4) is 0 Å². The number of aliphatic hydroxyl groups is 1. The normalized spacial score (nSPS) is 45.9. The van der Waals surface area contributed by atoms with Gasteiger partial charge < -0.3 is 9.84 Å². The molecule has 0 radical (unpaired) electrons. The van der Waals surface area contributed by atoms with Gasteiger partial charge in [0.2, 0.25) is 0 Å². The standard InChI is InChI=1S/C26H36O5/c1-6-21(29)26(31-22(30)7-2)11-9-18-17-12-15(3)19-13-16(27)8-10-24(19,4)23(17)20(28)14-25(18,26)5/h8,10,13,15,17-18,20,23,28H,6-7,9,11-12,14H2,1-5H3/t15-,17-,18-,20-,23+,24-,25-,26-/m0/s1. The van der Waals surface area contributed by atoms with E-state index in [2.05, 4.69) is 20.8 Å². The maximum Gasteiger partial charge on any atom is 0.306 e. The number of ketones is 2. The molecule has 3 saturated carbocycles. The van der Waals surface area contributed by atoms with E-state index >= 15 is 0 Å². The number of Topliss-reactive ketones (excluding diaryl/α,β-unsaturated/α-hetero) is 1. The van der Waals surface area contributed by atoms with Gasteiger partial charge in [-0.15, -0.1) is 0 Å².